The Morgan fingerprint density at radius 3 is 2.47 bits per heavy atom. The van der Waals surface area contributed by atoms with Crippen LogP contribution in [0, 0.1) is 18.3 Å². The van der Waals surface area contributed by atoms with E-state index in [0.717, 1.165) is 5.69 Å². The van der Waals surface area contributed by atoms with Crippen LogP contribution >= 0.6 is 0 Å². The summed E-state index contributed by atoms with van der Waals surface area (Å²) in [5.41, 5.74) is 1.59. The molecule has 1 aromatic carbocycles. The van der Waals surface area contributed by atoms with E-state index in [2.05, 4.69) is 9.71 Å². The molecule has 0 spiro atoms. The standard InChI is InChI=1S/C13H11N3O2S/c1-10-8-12(6-7-15-10)16-19(17,18)13-4-2-11(9-14)3-5-13/h2-8H,1H3,(H,15,16). The van der Waals surface area contributed by atoms with E-state index < -0.39 is 10.0 Å². The first kappa shape index (κ1) is 13.1. The molecule has 2 aromatic rings. The zero-order chi connectivity index (χ0) is 13.9. The molecule has 0 saturated heterocycles. The summed E-state index contributed by atoms with van der Waals surface area (Å²) < 4.78 is 26.7. The lowest BCUT2D eigenvalue weighted by Gasteiger charge is -2.08. The quantitative estimate of drug-likeness (QED) is 0.927. The first-order valence-electron chi connectivity index (χ1n) is 5.47. The lowest BCUT2D eigenvalue weighted by molar-refractivity contribution is 0.601. The molecule has 0 amide bonds. The summed E-state index contributed by atoms with van der Waals surface area (Å²) in [6, 6.07) is 10.9. The van der Waals surface area contributed by atoms with Gasteiger partial charge in [-0.05, 0) is 43.3 Å². The number of aromatic nitrogens is 1. The Bertz CT molecular complexity index is 731. The molecule has 1 N–H and O–H groups in total. The molecule has 96 valence electrons. The number of rotatable bonds is 3. The second kappa shape index (κ2) is 5.08. The first-order valence-corrected chi connectivity index (χ1v) is 6.95. The van der Waals surface area contributed by atoms with Crippen molar-refractivity contribution in [3.63, 3.8) is 0 Å². The van der Waals surface area contributed by atoms with Gasteiger partial charge >= 0.3 is 0 Å². The molecule has 0 unspecified atom stereocenters. The number of nitrogens with zero attached hydrogens (tertiary/aromatic N) is 2. The molecule has 0 aliphatic rings. The van der Waals surface area contributed by atoms with E-state index in [1.165, 1.54) is 30.5 Å². The van der Waals surface area contributed by atoms with Crippen molar-refractivity contribution in [1.82, 2.24) is 4.98 Å². The molecule has 0 bridgehead atoms. The number of anilines is 1. The molecule has 1 heterocycles. The summed E-state index contributed by atoms with van der Waals surface area (Å²) in [6.45, 7) is 1.78. The SMILES string of the molecule is Cc1cc(NS(=O)(=O)c2ccc(C#N)cc2)ccn1. The van der Waals surface area contributed by atoms with Crippen LogP contribution in [0.25, 0.3) is 0 Å². The van der Waals surface area contributed by atoms with Gasteiger partial charge in [-0.1, -0.05) is 0 Å². The van der Waals surface area contributed by atoms with Gasteiger partial charge < -0.3 is 0 Å². The molecule has 2 rings (SSSR count). The highest BCUT2D eigenvalue weighted by Gasteiger charge is 2.13. The predicted octanol–water partition coefficient (Wildman–Crippen LogP) is 2.06. The molecule has 0 saturated carbocycles. The maximum absolute atomic E-state index is 12.1. The van der Waals surface area contributed by atoms with Crippen LogP contribution in [-0.4, -0.2) is 13.4 Å². The van der Waals surface area contributed by atoms with Crippen LogP contribution in [0.2, 0.25) is 0 Å². The largest absolute Gasteiger partial charge is 0.280 e. The smallest absolute Gasteiger partial charge is 0.261 e. The third kappa shape index (κ3) is 3.09. The molecule has 0 aliphatic carbocycles. The average Bonchev–Trinajstić information content (AvgIpc) is 2.38. The van der Waals surface area contributed by atoms with Gasteiger partial charge in [0.25, 0.3) is 10.0 Å². The number of benzene rings is 1. The third-order valence-corrected chi connectivity index (χ3v) is 3.84. The summed E-state index contributed by atoms with van der Waals surface area (Å²) in [6.07, 6.45) is 1.53. The molecule has 0 aliphatic heterocycles. The summed E-state index contributed by atoms with van der Waals surface area (Å²) in [4.78, 5) is 4.11. The van der Waals surface area contributed by atoms with E-state index in [1.54, 1.807) is 19.1 Å². The van der Waals surface area contributed by atoms with Gasteiger partial charge in [0.1, 0.15) is 0 Å². The van der Waals surface area contributed by atoms with Gasteiger partial charge in [-0.2, -0.15) is 5.26 Å². The van der Waals surface area contributed by atoms with Gasteiger partial charge in [-0.25, -0.2) is 8.42 Å². The summed E-state index contributed by atoms with van der Waals surface area (Å²) in [5.74, 6) is 0. The van der Waals surface area contributed by atoms with Gasteiger partial charge in [0, 0.05) is 11.9 Å². The zero-order valence-corrected chi connectivity index (χ0v) is 11.0. The maximum atomic E-state index is 12.1. The van der Waals surface area contributed by atoms with E-state index in [0.29, 0.717) is 11.3 Å². The highest BCUT2D eigenvalue weighted by Crippen LogP contribution is 2.16. The Kier molecular flexibility index (Phi) is 3.49. The fourth-order valence-electron chi connectivity index (χ4n) is 1.53. The van der Waals surface area contributed by atoms with E-state index in [9.17, 15) is 8.42 Å². The molecule has 6 heteroatoms. The second-order valence-corrected chi connectivity index (χ2v) is 5.61. The summed E-state index contributed by atoms with van der Waals surface area (Å²) >= 11 is 0. The molecular formula is C13H11N3O2S. The highest BCUT2D eigenvalue weighted by molar-refractivity contribution is 7.92. The van der Waals surface area contributed by atoms with Crippen molar-refractivity contribution in [2.45, 2.75) is 11.8 Å². The van der Waals surface area contributed by atoms with Crippen LogP contribution in [0.3, 0.4) is 0 Å². The van der Waals surface area contributed by atoms with Crippen molar-refractivity contribution in [2.24, 2.45) is 0 Å². The maximum Gasteiger partial charge on any atom is 0.261 e. The Morgan fingerprint density at radius 2 is 1.89 bits per heavy atom. The van der Waals surface area contributed by atoms with Crippen molar-refractivity contribution in [2.75, 3.05) is 4.72 Å². The summed E-state index contributed by atoms with van der Waals surface area (Å²) in [7, 11) is -3.64. The molecule has 0 radical (unpaired) electrons. The van der Waals surface area contributed by atoms with E-state index in [-0.39, 0.29) is 4.90 Å². The van der Waals surface area contributed by atoms with Crippen LogP contribution < -0.4 is 4.72 Å². The molecule has 5 nitrogen and oxygen atoms in total. The minimum atomic E-state index is -3.64. The van der Waals surface area contributed by atoms with Crippen LogP contribution in [0.5, 0.6) is 0 Å². The van der Waals surface area contributed by atoms with Gasteiger partial charge in [-0.3, -0.25) is 9.71 Å². The Labute approximate surface area is 111 Å². The van der Waals surface area contributed by atoms with Crippen LogP contribution in [0.15, 0.2) is 47.5 Å². The Morgan fingerprint density at radius 1 is 1.21 bits per heavy atom. The van der Waals surface area contributed by atoms with E-state index >= 15 is 0 Å². The average molecular weight is 273 g/mol. The zero-order valence-electron chi connectivity index (χ0n) is 10.2. The number of nitriles is 1. The lowest BCUT2D eigenvalue weighted by Crippen LogP contribution is -2.13. The van der Waals surface area contributed by atoms with Crippen LogP contribution in [-0.2, 0) is 10.0 Å². The van der Waals surface area contributed by atoms with Gasteiger partial charge in [-0.15, -0.1) is 0 Å². The molecular weight excluding hydrogens is 262 g/mol. The fourth-order valence-corrected chi connectivity index (χ4v) is 2.58. The van der Waals surface area contributed by atoms with Gasteiger partial charge in [0.2, 0.25) is 0 Å². The van der Waals surface area contributed by atoms with Crippen molar-refractivity contribution in [3.05, 3.63) is 53.9 Å². The minimum absolute atomic E-state index is 0.112. The number of hydrogen-bond acceptors (Lipinski definition) is 4. The topological polar surface area (TPSA) is 82.9 Å². The minimum Gasteiger partial charge on any atom is -0.280 e. The molecule has 0 fully saturated rings. The van der Waals surface area contributed by atoms with Crippen LogP contribution in [0.1, 0.15) is 11.3 Å². The Balaban J connectivity index is 2.30. The van der Waals surface area contributed by atoms with Crippen molar-refractivity contribution in [3.8, 4) is 6.07 Å². The lowest BCUT2D eigenvalue weighted by atomic mass is 10.2. The second-order valence-electron chi connectivity index (χ2n) is 3.93. The number of hydrogen-bond donors (Lipinski definition) is 1. The molecule has 0 atom stereocenters. The van der Waals surface area contributed by atoms with E-state index in [1.807, 2.05) is 6.07 Å². The fraction of sp³-hybridized carbons (Fsp3) is 0.0769. The van der Waals surface area contributed by atoms with Crippen molar-refractivity contribution >= 4 is 15.7 Å². The van der Waals surface area contributed by atoms with Gasteiger partial charge in [0.05, 0.1) is 22.2 Å². The van der Waals surface area contributed by atoms with Crippen molar-refractivity contribution < 1.29 is 8.42 Å². The summed E-state index contributed by atoms with van der Waals surface area (Å²) in [5, 5.41) is 8.68. The number of aryl methyl sites for hydroxylation is 1. The van der Waals surface area contributed by atoms with E-state index in [4.69, 9.17) is 5.26 Å². The molecule has 1 aromatic heterocycles. The van der Waals surface area contributed by atoms with Crippen molar-refractivity contribution in [1.29, 1.82) is 5.26 Å². The Hall–Kier alpha value is -2.39. The monoisotopic (exact) mass is 273 g/mol. The third-order valence-electron chi connectivity index (χ3n) is 2.44. The number of nitrogens with one attached hydrogen (secondary N) is 1. The first-order chi connectivity index (χ1) is 9.01. The van der Waals surface area contributed by atoms with Gasteiger partial charge in [0.15, 0.2) is 0 Å². The highest BCUT2D eigenvalue weighted by atomic mass is 32.2. The van der Waals surface area contributed by atoms with Crippen LogP contribution in [0.4, 0.5) is 5.69 Å². The number of sulfonamides is 1. The number of pyridine rings is 1. The molecule has 19 heavy (non-hydrogen) atoms. The normalized spacial score (nSPS) is 10.7. The predicted molar refractivity (Wildman–Crippen MR) is 70.9 cm³/mol.